The maximum absolute atomic E-state index is 4.92. The standard InChI is InChI=1S/C18H33N7O/c1-16(24-9-5-22(3)6-10-24)14-20-18(19-2)25-11-7-23(8-12-25)15-17-4-13-26-21-17/h4,13,16H,5-12,14-15H2,1-3H3,(H,19,20). The lowest BCUT2D eigenvalue weighted by Crippen LogP contribution is -2.55. The second-order valence-electron chi connectivity index (χ2n) is 7.37. The van der Waals surface area contributed by atoms with Crippen LogP contribution in [0.5, 0.6) is 0 Å². The molecule has 146 valence electrons. The molecule has 3 heterocycles. The zero-order valence-corrected chi connectivity index (χ0v) is 16.4. The van der Waals surface area contributed by atoms with E-state index in [2.05, 4.69) is 49.0 Å². The molecule has 1 unspecified atom stereocenters. The highest BCUT2D eigenvalue weighted by Gasteiger charge is 2.22. The van der Waals surface area contributed by atoms with E-state index >= 15 is 0 Å². The van der Waals surface area contributed by atoms with Gasteiger partial charge in [0.25, 0.3) is 0 Å². The van der Waals surface area contributed by atoms with Crippen LogP contribution >= 0.6 is 0 Å². The second kappa shape index (κ2) is 9.34. The first-order chi connectivity index (χ1) is 12.7. The van der Waals surface area contributed by atoms with E-state index in [0.717, 1.165) is 77.1 Å². The Kier molecular flexibility index (Phi) is 6.87. The summed E-state index contributed by atoms with van der Waals surface area (Å²) in [6, 6.07) is 2.46. The molecule has 8 nitrogen and oxygen atoms in total. The van der Waals surface area contributed by atoms with Crippen LogP contribution in [-0.2, 0) is 6.54 Å². The average molecular weight is 364 g/mol. The summed E-state index contributed by atoms with van der Waals surface area (Å²) in [7, 11) is 4.08. The highest BCUT2D eigenvalue weighted by molar-refractivity contribution is 5.80. The molecule has 0 spiro atoms. The van der Waals surface area contributed by atoms with Crippen molar-refractivity contribution in [3.8, 4) is 0 Å². The molecule has 8 heteroatoms. The smallest absolute Gasteiger partial charge is 0.193 e. The zero-order chi connectivity index (χ0) is 18.4. The number of nitrogens with one attached hydrogen (secondary N) is 1. The number of rotatable bonds is 5. The Bertz CT molecular complexity index is 546. The van der Waals surface area contributed by atoms with Gasteiger partial charge in [-0.2, -0.15) is 0 Å². The third kappa shape index (κ3) is 5.18. The minimum absolute atomic E-state index is 0.522. The largest absolute Gasteiger partial charge is 0.364 e. The van der Waals surface area contributed by atoms with Crippen LogP contribution in [0.4, 0.5) is 0 Å². The van der Waals surface area contributed by atoms with Crippen molar-refractivity contribution in [1.82, 2.24) is 30.1 Å². The van der Waals surface area contributed by atoms with E-state index in [9.17, 15) is 0 Å². The van der Waals surface area contributed by atoms with E-state index in [1.54, 1.807) is 6.26 Å². The number of piperazine rings is 2. The van der Waals surface area contributed by atoms with Gasteiger partial charge in [-0.15, -0.1) is 0 Å². The Balaban J connectivity index is 1.40. The van der Waals surface area contributed by atoms with E-state index in [4.69, 9.17) is 4.52 Å². The number of hydrogen-bond acceptors (Lipinski definition) is 6. The van der Waals surface area contributed by atoms with E-state index in [1.807, 2.05) is 13.1 Å². The molecular weight excluding hydrogens is 330 g/mol. The van der Waals surface area contributed by atoms with Crippen molar-refractivity contribution in [1.29, 1.82) is 0 Å². The molecule has 3 rings (SSSR count). The van der Waals surface area contributed by atoms with Gasteiger partial charge in [0.2, 0.25) is 0 Å². The van der Waals surface area contributed by atoms with E-state index in [-0.39, 0.29) is 0 Å². The van der Waals surface area contributed by atoms with Gasteiger partial charge in [0.1, 0.15) is 6.26 Å². The van der Waals surface area contributed by atoms with Gasteiger partial charge >= 0.3 is 0 Å². The Hall–Kier alpha value is -1.64. The van der Waals surface area contributed by atoms with Gasteiger partial charge in [-0.1, -0.05) is 5.16 Å². The average Bonchev–Trinajstić information content (AvgIpc) is 3.17. The summed E-state index contributed by atoms with van der Waals surface area (Å²) in [4.78, 5) is 14.2. The Morgan fingerprint density at radius 3 is 2.54 bits per heavy atom. The first-order valence-electron chi connectivity index (χ1n) is 9.65. The third-order valence-corrected chi connectivity index (χ3v) is 5.48. The Morgan fingerprint density at radius 2 is 1.92 bits per heavy atom. The summed E-state index contributed by atoms with van der Waals surface area (Å²) in [5.41, 5.74) is 1.00. The quantitative estimate of drug-likeness (QED) is 0.584. The van der Waals surface area contributed by atoms with Crippen LogP contribution < -0.4 is 5.32 Å². The summed E-state index contributed by atoms with van der Waals surface area (Å²) in [5, 5.41) is 7.59. The van der Waals surface area contributed by atoms with Gasteiger partial charge in [-0.25, -0.2) is 0 Å². The van der Waals surface area contributed by atoms with Gasteiger partial charge in [-0.05, 0) is 14.0 Å². The molecule has 1 aromatic rings. The third-order valence-electron chi connectivity index (χ3n) is 5.48. The Morgan fingerprint density at radius 1 is 1.19 bits per heavy atom. The fraction of sp³-hybridized carbons (Fsp3) is 0.778. The van der Waals surface area contributed by atoms with Crippen molar-refractivity contribution in [3.63, 3.8) is 0 Å². The van der Waals surface area contributed by atoms with Crippen LogP contribution in [0.25, 0.3) is 0 Å². The highest BCUT2D eigenvalue weighted by atomic mass is 16.5. The summed E-state index contributed by atoms with van der Waals surface area (Å²) in [5.74, 6) is 1.02. The fourth-order valence-electron chi connectivity index (χ4n) is 3.63. The summed E-state index contributed by atoms with van der Waals surface area (Å²) in [6.45, 7) is 12.7. The molecular formula is C18H33N7O. The fourth-order valence-corrected chi connectivity index (χ4v) is 3.63. The number of hydrogen-bond donors (Lipinski definition) is 1. The lowest BCUT2D eigenvalue weighted by molar-refractivity contribution is 0.119. The summed E-state index contributed by atoms with van der Waals surface area (Å²) < 4.78 is 4.92. The van der Waals surface area contributed by atoms with Gasteiger partial charge in [0.05, 0.1) is 5.69 Å². The summed E-state index contributed by atoms with van der Waals surface area (Å²) in [6.07, 6.45) is 1.64. The van der Waals surface area contributed by atoms with Crippen molar-refractivity contribution in [2.45, 2.75) is 19.5 Å². The molecule has 1 atom stereocenters. The monoisotopic (exact) mass is 363 g/mol. The molecule has 1 N–H and O–H groups in total. The van der Waals surface area contributed by atoms with Crippen molar-refractivity contribution < 1.29 is 4.52 Å². The van der Waals surface area contributed by atoms with E-state index in [1.165, 1.54) is 0 Å². The normalized spacial score (nSPS) is 22.6. The van der Waals surface area contributed by atoms with Crippen LogP contribution in [-0.4, -0.2) is 110 Å². The summed E-state index contributed by atoms with van der Waals surface area (Å²) >= 11 is 0. The predicted molar refractivity (Wildman–Crippen MR) is 103 cm³/mol. The maximum Gasteiger partial charge on any atom is 0.193 e. The number of likely N-dealkylation sites (N-methyl/N-ethyl adjacent to an activating group) is 1. The predicted octanol–water partition coefficient (Wildman–Crippen LogP) is 0.00350. The lowest BCUT2D eigenvalue weighted by atomic mass is 10.2. The molecule has 2 saturated heterocycles. The molecule has 0 bridgehead atoms. The molecule has 2 fully saturated rings. The van der Waals surface area contributed by atoms with Crippen molar-refractivity contribution >= 4 is 5.96 Å². The van der Waals surface area contributed by atoms with E-state index in [0.29, 0.717) is 6.04 Å². The Labute approximate surface area is 156 Å². The SMILES string of the molecule is CN=C(NCC(C)N1CCN(C)CC1)N1CCN(Cc2ccon2)CC1. The first kappa shape index (κ1) is 19.1. The first-order valence-corrected chi connectivity index (χ1v) is 9.65. The van der Waals surface area contributed by atoms with Crippen LogP contribution in [0.1, 0.15) is 12.6 Å². The zero-order valence-electron chi connectivity index (χ0n) is 16.4. The number of aliphatic imine (C=N–C) groups is 1. The van der Waals surface area contributed by atoms with Crippen LogP contribution in [0.3, 0.4) is 0 Å². The molecule has 0 radical (unpaired) electrons. The van der Waals surface area contributed by atoms with Crippen molar-refractivity contribution in [3.05, 3.63) is 18.0 Å². The molecule has 1 aromatic heterocycles. The van der Waals surface area contributed by atoms with Crippen molar-refractivity contribution in [2.24, 2.45) is 4.99 Å². The van der Waals surface area contributed by atoms with Gasteiger partial charge in [-0.3, -0.25) is 14.8 Å². The molecule has 2 aliphatic rings. The number of guanidine groups is 1. The molecule has 0 amide bonds. The van der Waals surface area contributed by atoms with Gasteiger partial charge < -0.3 is 19.6 Å². The van der Waals surface area contributed by atoms with Crippen molar-refractivity contribution in [2.75, 3.05) is 73.0 Å². The highest BCUT2D eigenvalue weighted by Crippen LogP contribution is 2.08. The van der Waals surface area contributed by atoms with Gasteiger partial charge in [0, 0.05) is 84.6 Å². The molecule has 0 aromatic carbocycles. The minimum Gasteiger partial charge on any atom is -0.364 e. The lowest BCUT2D eigenvalue weighted by Gasteiger charge is -2.38. The second-order valence-corrected chi connectivity index (χ2v) is 7.37. The molecule has 2 aliphatic heterocycles. The van der Waals surface area contributed by atoms with E-state index < -0.39 is 0 Å². The molecule has 0 aliphatic carbocycles. The number of aromatic nitrogens is 1. The minimum atomic E-state index is 0.522. The maximum atomic E-state index is 4.92. The van der Waals surface area contributed by atoms with Crippen LogP contribution in [0.2, 0.25) is 0 Å². The number of nitrogens with zero attached hydrogens (tertiary/aromatic N) is 6. The topological polar surface area (TPSA) is 63.4 Å². The molecule has 26 heavy (non-hydrogen) atoms. The van der Waals surface area contributed by atoms with Crippen LogP contribution in [0, 0.1) is 0 Å². The van der Waals surface area contributed by atoms with Crippen LogP contribution in [0.15, 0.2) is 21.8 Å². The molecule has 0 saturated carbocycles. The van der Waals surface area contributed by atoms with Gasteiger partial charge in [0.15, 0.2) is 5.96 Å².